The number of methoxy groups -OCH3 is 2. The molecule has 1 aliphatic heterocycles. The zero-order valence-corrected chi connectivity index (χ0v) is 36.1. The lowest BCUT2D eigenvalue weighted by Gasteiger charge is -2.41. The molecular formula is C42H68N6O6S. The molecule has 1 aromatic carbocycles. The number of hydrogen-bond donors (Lipinski definition) is 2. The zero-order valence-electron chi connectivity index (χ0n) is 35.3. The van der Waals surface area contributed by atoms with Crippen LogP contribution in [0, 0.1) is 23.7 Å². The Morgan fingerprint density at radius 3 is 2.15 bits per heavy atom. The Morgan fingerprint density at radius 1 is 0.945 bits per heavy atom. The van der Waals surface area contributed by atoms with Crippen LogP contribution in [0.15, 0.2) is 41.9 Å². The van der Waals surface area contributed by atoms with Crippen molar-refractivity contribution in [1.82, 2.24) is 30.3 Å². The highest BCUT2D eigenvalue weighted by atomic mass is 32.1. The van der Waals surface area contributed by atoms with Crippen molar-refractivity contribution < 1.29 is 28.7 Å². The van der Waals surface area contributed by atoms with Gasteiger partial charge in [-0.1, -0.05) is 85.2 Å². The van der Waals surface area contributed by atoms with Crippen LogP contribution in [0.3, 0.4) is 0 Å². The summed E-state index contributed by atoms with van der Waals surface area (Å²) < 4.78 is 12.1. The number of carbonyl (C=O) groups excluding carboxylic acids is 4. The SMILES string of the molecule is CC[C@H](C)[C@@H]([C@@H](CC(=O)N1CCC[C@H]1[C@H](OC)[C@@H](C)C(=O)N[C@H](Cc1ccccc1)c1nccs1)OC)N(C)C(=O)[C@@H](NC(=O)[C@H](C(C)C)N(C)C)C(C)C. The number of likely N-dealkylation sites (tertiary alicyclic amines) is 1. The number of thiazole rings is 1. The Bertz CT molecular complexity index is 1480. The minimum Gasteiger partial charge on any atom is -0.379 e. The van der Waals surface area contributed by atoms with E-state index in [0.29, 0.717) is 19.4 Å². The summed E-state index contributed by atoms with van der Waals surface area (Å²) in [4.78, 5) is 65.8. The van der Waals surface area contributed by atoms with Crippen molar-refractivity contribution >= 4 is 35.0 Å². The van der Waals surface area contributed by atoms with Crippen LogP contribution in [0.5, 0.6) is 0 Å². The summed E-state index contributed by atoms with van der Waals surface area (Å²) in [6.07, 6.45) is 3.49. The quantitative estimate of drug-likeness (QED) is 0.177. The summed E-state index contributed by atoms with van der Waals surface area (Å²) in [5, 5.41) is 9.02. The Morgan fingerprint density at radius 2 is 1.62 bits per heavy atom. The second-order valence-corrected chi connectivity index (χ2v) is 17.0. The van der Waals surface area contributed by atoms with Crippen molar-refractivity contribution in [1.29, 1.82) is 0 Å². The van der Waals surface area contributed by atoms with E-state index in [1.165, 1.54) is 11.3 Å². The summed E-state index contributed by atoms with van der Waals surface area (Å²) in [6, 6.07) is 7.83. The van der Waals surface area contributed by atoms with Crippen LogP contribution in [0.4, 0.5) is 0 Å². The zero-order chi connectivity index (χ0) is 41.0. The normalized spacial score (nSPS) is 19.0. The maximum atomic E-state index is 14.3. The number of nitrogens with one attached hydrogen (secondary N) is 2. The van der Waals surface area contributed by atoms with E-state index in [1.54, 1.807) is 32.4 Å². The molecule has 0 saturated carbocycles. The third-order valence-electron chi connectivity index (χ3n) is 11.3. The predicted octanol–water partition coefficient (Wildman–Crippen LogP) is 5.19. The number of amides is 4. The lowest BCUT2D eigenvalue weighted by molar-refractivity contribution is -0.148. The fourth-order valence-electron chi connectivity index (χ4n) is 8.17. The van der Waals surface area contributed by atoms with E-state index in [9.17, 15) is 19.2 Å². The lowest BCUT2D eigenvalue weighted by atomic mass is 9.89. The molecule has 2 heterocycles. The second-order valence-electron chi connectivity index (χ2n) is 16.1. The van der Waals surface area contributed by atoms with Gasteiger partial charge >= 0.3 is 0 Å². The average molecular weight is 785 g/mol. The minimum absolute atomic E-state index is 0.00751. The van der Waals surface area contributed by atoms with E-state index < -0.39 is 30.2 Å². The number of carbonyl (C=O) groups is 4. The van der Waals surface area contributed by atoms with Gasteiger partial charge in [-0.3, -0.25) is 24.1 Å². The van der Waals surface area contributed by atoms with Gasteiger partial charge in [-0.05, 0) is 56.7 Å². The Labute approximate surface area is 334 Å². The molecule has 9 atom stereocenters. The molecule has 0 unspecified atom stereocenters. The number of rotatable bonds is 21. The average Bonchev–Trinajstić information content (AvgIpc) is 3.87. The van der Waals surface area contributed by atoms with Gasteiger partial charge in [-0.2, -0.15) is 0 Å². The Hall–Kier alpha value is -3.39. The van der Waals surface area contributed by atoms with Gasteiger partial charge in [-0.15, -0.1) is 11.3 Å². The van der Waals surface area contributed by atoms with Gasteiger partial charge in [0.2, 0.25) is 23.6 Å². The number of benzene rings is 1. The highest BCUT2D eigenvalue weighted by Gasteiger charge is 2.43. The van der Waals surface area contributed by atoms with Gasteiger partial charge in [0.1, 0.15) is 11.0 Å². The molecule has 13 heteroatoms. The largest absolute Gasteiger partial charge is 0.379 e. The maximum Gasteiger partial charge on any atom is 0.245 e. The standard InChI is InChI=1S/C42H68N6O6S/c1-13-28(6)37(47(10)42(52)35(26(2)3)45-40(51)36(27(4)5)46(8)9)33(53-11)25-34(49)48-22-17-20-32(48)38(54-12)29(7)39(50)44-31(41-43-21-23-55-41)24-30-18-15-14-16-19-30/h14-16,18-19,21,23,26-29,31-33,35-38H,13,17,20,22,24-25H2,1-12H3,(H,44,50)(H,45,51)/t28-,29+,31+,32-,33+,35-,36-,37-,38+/m0/s1. The van der Waals surface area contributed by atoms with E-state index >= 15 is 0 Å². The van der Waals surface area contributed by atoms with Crippen LogP contribution in [0.25, 0.3) is 0 Å². The smallest absolute Gasteiger partial charge is 0.245 e. The van der Waals surface area contributed by atoms with Crippen LogP contribution in [0.1, 0.15) is 90.8 Å². The van der Waals surface area contributed by atoms with Crippen molar-refractivity contribution in [2.75, 3.05) is 41.9 Å². The molecule has 1 aromatic heterocycles. The van der Waals surface area contributed by atoms with Crippen LogP contribution < -0.4 is 10.6 Å². The van der Waals surface area contributed by atoms with Crippen LogP contribution in [0.2, 0.25) is 0 Å². The molecular weight excluding hydrogens is 717 g/mol. The molecule has 4 amide bonds. The molecule has 2 N–H and O–H groups in total. The first kappa shape index (κ1) is 46.0. The Kier molecular flexibility index (Phi) is 18.2. The monoisotopic (exact) mass is 784 g/mol. The van der Waals surface area contributed by atoms with E-state index in [0.717, 1.165) is 23.4 Å². The van der Waals surface area contributed by atoms with Crippen molar-refractivity contribution in [3.05, 3.63) is 52.5 Å². The fourth-order valence-corrected chi connectivity index (χ4v) is 8.86. The van der Waals surface area contributed by atoms with Gasteiger partial charge in [0.25, 0.3) is 0 Å². The first-order valence-corrected chi connectivity index (χ1v) is 20.8. The molecule has 0 spiro atoms. The molecule has 0 radical (unpaired) electrons. The first-order valence-electron chi connectivity index (χ1n) is 19.9. The molecule has 1 saturated heterocycles. The second kappa shape index (κ2) is 21.8. The summed E-state index contributed by atoms with van der Waals surface area (Å²) in [5.74, 6) is -1.35. The highest BCUT2D eigenvalue weighted by molar-refractivity contribution is 7.09. The number of hydrogen-bond acceptors (Lipinski definition) is 9. The minimum atomic E-state index is -0.751. The molecule has 308 valence electrons. The molecule has 12 nitrogen and oxygen atoms in total. The predicted molar refractivity (Wildman–Crippen MR) is 218 cm³/mol. The molecule has 2 aromatic rings. The summed E-state index contributed by atoms with van der Waals surface area (Å²) in [7, 11) is 8.66. The summed E-state index contributed by atoms with van der Waals surface area (Å²) in [5.41, 5.74) is 1.09. The van der Waals surface area contributed by atoms with Gasteiger partial charge in [0.05, 0.1) is 48.7 Å². The molecule has 0 aliphatic carbocycles. The van der Waals surface area contributed by atoms with Crippen LogP contribution in [-0.4, -0.2) is 122 Å². The van der Waals surface area contributed by atoms with Crippen LogP contribution >= 0.6 is 11.3 Å². The van der Waals surface area contributed by atoms with Gasteiger partial charge < -0.3 is 29.9 Å². The summed E-state index contributed by atoms with van der Waals surface area (Å²) in [6.45, 7) is 14.3. The van der Waals surface area contributed by atoms with E-state index in [2.05, 4.69) is 29.5 Å². The number of aromatic nitrogens is 1. The molecule has 55 heavy (non-hydrogen) atoms. The van der Waals surface area contributed by atoms with Gasteiger partial charge in [0.15, 0.2) is 0 Å². The molecule has 1 aliphatic rings. The number of ether oxygens (including phenoxy) is 2. The topological polar surface area (TPSA) is 133 Å². The lowest BCUT2D eigenvalue weighted by Crippen LogP contribution is -2.59. The van der Waals surface area contributed by atoms with Crippen molar-refractivity contribution in [3.8, 4) is 0 Å². The third-order valence-corrected chi connectivity index (χ3v) is 12.2. The van der Waals surface area contributed by atoms with Crippen LogP contribution in [-0.2, 0) is 35.1 Å². The molecule has 1 fully saturated rings. The molecule has 0 bridgehead atoms. The van der Waals surface area contributed by atoms with E-state index in [-0.39, 0.29) is 65.9 Å². The van der Waals surface area contributed by atoms with Crippen molar-refractivity contribution in [3.63, 3.8) is 0 Å². The molecule has 3 rings (SSSR count). The number of likely N-dealkylation sites (N-methyl/N-ethyl adjacent to an activating group) is 2. The van der Waals surface area contributed by atoms with Crippen molar-refractivity contribution in [2.45, 2.75) is 123 Å². The maximum absolute atomic E-state index is 14.3. The highest BCUT2D eigenvalue weighted by Crippen LogP contribution is 2.30. The summed E-state index contributed by atoms with van der Waals surface area (Å²) >= 11 is 1.51. The van der Waals surface area contributed by atoms with Crippen molar-refractivity contribution in [2.24, 2.45) is 23.7 Å². The Balaban J connectivity index is 1.79. The fraction of sp³-hybridized carbons (Fsp3) is 0.690. The number of nitrogens with zero attached hydrogens (tertiary/aromatic N) is 4. The first-order chi connectivity index (χ1) is 26.1. The van der Waals surface area contributed by atoms with E-state index in [4.69, 9.17) is 9.47 Å². The van der Waals surface area contributed by atoms with Gasteiger partial charge in [0, 0.05) is 39.4 Å². The van der Waals surface area contributed by atoms with E-state index in [1.807, 2.05) is 94.2 Å². The van der Waals surface area contributed by atoms with Gasteiger partial charge in [-0.25, -0.2) is 4.98 Å². The third kappa shape index (κ3) is 12.1.